The average molecular weight is 478 g/mol. The Morgan fingerprint density at radius 1 is 1.12 bits per heavy atom. The fourth-order valence-electron chi connectivity index (χ4n) is 4.26. The predicted octanol–water partition coefficient (Wildman–Crippen LogP) is 2.22. The van der Waals surface area contributed by atoms with Gasteiger partial charge in [-0.25, -0.2) is 15.0 Å². The number of nitrogens with zero attached hydrogens (tertiary/aromatic N) is 4. The van der Waals surface area contributed by atoms with Crippen LogP contribution in [-0.4, -0.2) is 71.0 Å². The Balaban J connectivity index is 1.34. The van der Waals surface area contributed by atoms with Crippen molar-refractivity contribution < 1.29 is 20.1 Å². The molecule has 11 heteroatoms. The fraction of sp³-hybridized carbons (Fsp3) is 0.476. The van der Waals surface area contributed by atoms with Gasteiger partial charge in [-0.15, -0.1) is 11.8 Å². The number of rotatable bonds is 6. The van der Waals surface area contributed by atoms with Gasteiger partial charge in [-0.2, -0.15) is 0 Å². The molecule has 170 valence electrons. The van der Waals surface area contributed by atoms with Crippen molar-refractivity contribution in [2.75, 3.05) is 11.1 Å². The van der Waals surface area contributed by atoms with Crippen LogP contribution in [0, 0.1) is 0 Å². The van der Waals surface area contributed by atoms with E-state index in [1.807, 2.05) is 18.2 Å². The molecule has 0 bridgehead atoms. The molecule has 2 aromatic heterocycles. The minimum atomic E-state index is -1.15. The number of halogens is 1. The minimum Gasteiger partial charge on any atom is -0.391 e. The van der Waals surface area contributed by atoms with Crippen LogP contribution in [0.1, 0.15) is 25.5 Å². The molecule has 0 radical (unpaired) electrons. The van der Waals surface area contributed by atoms with Crippen LogP contribution < -0.4 is 5.32 Å². The first-order valence-corrected chi connectivity index (χ1v) is 11.9. The molecule has 3 aromatic rings. The van der Waals surface area contributed by atoms with Crippen LogP contribution in [0.2, 0.25) is 5.02 Å². The summed E-state index contributed by atoms with van der Waals surface area (Å²) in [7, 11) is 0. The molecule has 2 fully saturated rings. The molecule has 2 aliphatic rings. The molecule has 0 unspecified atom stereocenters. The van der Waals surface area contributed by atoms with Gasteiger partial charge >= 0.3 is 0 Å². The summed E-state index contributed by atoms with van der Waals surface area (Å²) in [6.45, 7) is 0. The summed E-state index contributed by atoms with van der Waals surface area (Å²) in [6, 6.07) is 7.37. The van der Waals surface area contributed by atoms with Gasteiger partial charge in [-0.05, 0) is 31.4 Å². The first kappa shape index (κ1) is 21.9. The summed E-state index contributed by atoms with van der Waals surface area (Å²) in [5.74, 6) is 0.950. The molecule has 4 N–H and O–H groups in total. The van der Waals surface area contributed by atoms with E-state index in [4.69, 9.17) is 16.3 Å². The van der Waals surface area contributed by atoms with Gasteiger partial charge in [-0.3, -0.25) is 4.57 Å². The van der Waals surface area contributed by atoms with Crippen molar-refractivity contribution in [2.45, 2.75) is 60.8 Å². The zero-order valence-electron chi connectivity index (χ0n) is 17.1. The van der Waals surface area contributed by atoms with Crippen LogP contribution in [-0.2, 0) is 4.74 Å². The number of hydrogen-bond donors (Lipinski definition) is 4. The second-order valence-corrected chi connectivity index (χ2v) is 9.55. The van der Waals surface area contributed by atoms with Crippen LogP contribution in [0.5, 0.6) is 0 Å². The number of imidazole rings is 1. The lowest BCUT2D eigenvalue weighted by Gasteiger charge is -2.18. The third-order valence-electron chi connectivity index (χ3n) is 6.01. The van der Waals surface area contributed by atoms with E-state index in [9.17, 15) is 15.3 Å². The maximum atomic E-state index is 10.7. The number of thioether (sulfide) groups is 1. The van der Waals surface area contributed by atoms with Crippen LogP contribution in [0.3, 0.4) is 0 Å². The SMILES string of the molecule is O[C@@H]1[C@H](O)[C@@H](CSc2ccccc2Cl)O[C@H]1n1cnc2c(N[C@@H]3CCC[C@H]3O)ncnc21. The topological polar surface area (TPSA) is 126 Å². The normalized spacial score (nSPS) is 30.2. The van der Waals surface area contributed by atoms with Gasteiger partial charge < -0.3 is 25.4 Å². The van der Waals surface area contributed by atoms with Crippen LogP contribution >= 0.6 is 23.4 Å². The average Bonchev–Trinajstić information content (AvgIpc) is 3.47. The Morgan fingerprint density at radius 3 is 2.75 bits per heavy atom. The molecule has 32 heavy (non-hydrogen) atoms. The highest BCUT2D eigenvalue weighted by Crippen LogP contribution is 2.36. The third-order valence-corrected chi connectivity index (χ3v) is 7.62. The number of anilines is 1. The Hall–Kier alpha value is -1.95. The number of ether oxygens (including phenoxy) is 1. The molecule has 1 aliphatic heterocycles. The summed E-state index contributed by atoms with van der Waals surface area (Å²) < 4.78 is 7.64. The predicted molar refractivity (Wildman–Crippen MR) is 121 cm³/mol. The molecule has 1 aliphatic carbocycles. The molecule has 3 heterocycles. The van der Waals surface area contributed by atoms with E-state index in [0.29, 0.717) is 27.8 Å². The van der Waals surface area contributed by atoms with Gasteiger partial charge in [0.05, 0.1) is 29.6 Å². The summed E-state index contributed by atoms with van der Waals surface area (Å²) in [5.41, 5.74) is 0.997. The second kappa shape index (κ2) is 9.12. The van der Waals surface area contributed by atoms with Crippen molar-refractivity contribution in [3.8, 4) is 0 Å². The van der Waals surface area contributed by atoms with E-state index in [0.717, 1.165) is 24.2 Å². The Labute approximate surface area is 193 Å². The fourth-order valence-corrected chi connectivity index (χ4v) is 5.56. The summed E-state index contributed by atoms with van der Waals surface area (Å²) in [5, 5.41) is 35.3. The van der Waals surface area contributed by atoms with Crippen molar-refractivity contribution >= 4 is 40.3 Å². The van der Waals surface area contributed by atoms with Crippen molar-refractivity contribution in [2.24, 2.45) is 0 Å². The van der Waals surface area contributed by atoms with Crippen molar-refractivity contribution in [3.05, 3.63) is 41.9 Å². The Bertz CT molecular complexity index is 1100. The molecular weight excluding hydrogens is 454 g/mol. The zero-order valence-corrected chi connectivity index (χ0v) is 18.7. The second-order valence-electron chi connectivity index (χ2n) is 8.08. The van der Waals surface area contributed by atoms with Crippen molar-refractivity contribution in [1.82, 2.24) is 19.5 Å². The van der Waals surface area contributed by atoms with Gasteiger partial charge in [0.15, 0.2) is 23.2 Å². The highest BCUT2D eigenvalue weighted by molar-refractivity contribution is 7.99. The van der Waals surface area contributed by atoms with Crippen LogP contribution in [0.25, 0.3) is 11.2 Å². The van der Waals surface area contributed by atoms with Crippen molar-refractivity contribution in [1.29, 1.82) is 0 Å². The number of benzene rings is 1. The lowest BCUT2D eigenvalue weighted by molar-refractivity contribution is -0.0289. The number of hydrogen-bond acceptors (Lipinski definition) is 9. The third kappa shape index (κ3) is 4.07. The lowest BCUT2D eigenvalue weighted by Crippen LogP contribution is -2.32. The van der Waals surface area contributed by atoms with Crippen LogP contribution in [0.4, 0.5) is 5.82 Å². The lowest BCUT2D eigenvalue weighted by atomic mass is 10.1. The van der Waals surface area contributed by atoms with E-state index in [2.05, 4.69) is 20.3 Å². The highest BCUT2D eigenvalue weighted by atomic mass is 35.5. The molecule has 9 nitrogen and oxygen atoms in total. The molecule has 0 spiro atoms. The number of fused-ring (bicyclic) bond motifs is 1. The molecule has 0 amide bonds. The van der Waals surface area contributed by atoms with Gasteiger partial charge in [0.2, 0.25) is 0 Å². The standard InChI is InChI=1S/C21H24ClN5O4S/c22-11-4-1-2-7-15(11)32-8-14-17(29)18(30)21(31-14)27-10-25-16-19(23-9-24-20(16)27)26-12-5-3-6-13(12)28/h1-2,4,7,9-10,12-14,17-18,21,28-30H,3,5-6,8H2,(H,23,24,26)/t12-,13-,14-,17-,18-,21-/m1/s1. The molecule has 5 rings (SSSR count). The summed E-state index contributed by atoms with van der Waals surface area (Å²) >= 11 is 7.67. The van der Waals surface area contributed by atoms with Gasteiger partial charge in [0.1, 0.15) is 18.5 Å². The van der Waals surface area contributed by atoms with Crippen molar-refractivity contribution in [3.63, 3.8) is 0 Å². The number of nitrogens with one attached hydrogen (secondary N) is 1. The van der Waals surface area contributed by atoms with E-state index in [1.165, 1.54) is 24.4 Å². The minimum absolute atomic E-state index is 0.0837. The van der Waals surface area contributed by atoms with Crippen LogP contribution in [0.15, 0.2) is 41.8 Å². The monoisotopic (exact) mass is 477 g/mol. The Morgan fingerprint density at radius 2 is 1.97 bits per heavy atom. The van der Waals surface area contributed by atoms with Gasteiger partial charge in [0.25, 0.3) is 0 Å². The van der Waals surface area contributed by atoms with E-state index in [1.54, 1.807) is 10.6 Å². The highest BCUT2D eigenvalue weighted by Gasteiger charge is 2.44. The number of aliphatic hydroxyl groups excluding tert-OH is 3. The quantitative estimate of drug-likeness (QED) is 0.395. The summed E-state index contributed by atoms with van der Waals surface area (Å²) in [4.78, 5) is 13.9. The first-order valence-electron chi connectivity index (χ1n) is 10.5. The van der Waals surface area contributed by atoms with E-state index in [-0.39, 0.29) is 6.04 Å². The number of aromatic nitrogens is 4. The molecular formula is C21H24ClN5O4S. The molecule has 1 saturated carbocycles. The smallest absolute Gasteiger partial charge is 0.167 e. The largest absolute Gasteiger partial charge is 0.391 e. The zero-order chi connectivity index (χ0) is 22.2. The maximum Gasteiger partial charge on any atom is 0.167 e. The number of aliphatic hydroxyl groups is 3. The molecule has 1 aromatic carbocycles. The molecule has 6 atom stereocenters. The van der Waals surface area contributed by atoms with E-state index < -0.39 is 30.6 Å². The molecule has 1 saturated heterocycles. The van der Waals surface area contributed by atoms with Gasteiger partial charge in [-0.1, -0.05) is 23.7 Å². The van der Waals surface area contributed by atoms with E-state index >= 15 is 0 Å². The first-order chi connectivity index (χ1) is 15.5. The Kier molecular flexibility index (Phi) is 6.24. The van der Waals surface area contributed by atoms with Gasteiger partial charge in [0, 0.05) is 10.6 Å². The maximum absolute atomic E-state index is 10.7. The summed E-state index contributed by atoms with van der Waals surface area (Å²) in [6.07, 6.45) is 1.43.